The Morgan fingerprint density at radius 3 is 0.955 bits per heavy atom. The van der Waals surface area contributed by atoms with Gasteiger partial charge in [-0.1, -0.05) is 86.3 Å². The zero-order valence-electron chi connectivity index (χ0n) is 24.5. The predicted molar refractivity (Wildman–Crippen MR) is 168 cm³/mol. The number of benzene rings is 4. The van der Waals surface area contributed by atoms with E-state index in [4.69, 9.17) is 20.4 Å². The Morgan fingerprint density at radius 1 is 0.386 bits per heavy atom. The molecule has 0 saturated heterocycles. The Bertz CT molecular complexity index is 1320. The third-order valence-corrected chi connectivity index (χ3v) is 6.36. The molecule has 0 bridgehead atoms. The van der Waals surface area contributed by atoms with Gasteiger partial charge in [-0.15, -0.1) is 0 Å². The number of carbonyl (C=O) groups is 4. The van der Waals surface area contributed by atoms with Crippen molar-refractivity contribution in [2.75, 3.05) is 0 Å². The first kappa shape index (κ1) is 35.0. The highest BCUT2D eigenvalue weighted by atomic mass is 16.4. The van der Waals surface area contributed by atoms with Gasteiger partial charge in [0.1, 0.15) is 11.5 Å². The van der Waals surface area contributed by atoms with Gasteiger partial charge in [-0.3, -0.25) is 19.2 Å². The largest absolute Gasteiger partial charge is 0.508 e. The van der Waals surface area contributed by atoms with Crippen LogP contribution in [-0.2, 0) is 9.59 Å². The van der Waals surface area contributed by atoms with Gasteiger partial charge >= 0.3 is 11.9 Å². The van der Waals surface area contributed by atoms with Crippen LogP contribution in [0.3, 0.4) is 0 Å². The lowest BCUT2D eigenvalue weighted by atomic mass is 10.0. The normalized spacial score (nSPS) is 9.91. The Hall–Kier alpha value is -5.24. The molecule has 0 fully saturated rings. The number of carboxylic acid groups (broad SMARTS) is 2. The Morgan fingerprint density at radius 2 is 0.659 bits per heavy atom. The van der Waals surface area contributed by atoms with Crippen LogP contribution in [0.4, 0.5) is 0 Å². The molecule has 0 aliphatic carbocycles. The standard InChI is InChI=1S/2C13H10O2.C10H18O4/c2*14-12-8-6-11(7-9-12)13(15)10-4-2-1-3-5-10;11-9(12)7-5-3-1-2-4-6-8-10(13)14/h2*1-9,14H;1-8H2,(H,11,12)(H,13,14). The Balaban J connectivity index is 0.000000231. The van der Waals surface area contributed by atoms with E-state index in [1.54, 1.807) is 48.5 Å². The number of ketones is 2. The summed E-state index contributed by atoms with van der Waals surface area (Å²) in [5, 5.41) is 34.9. The van der Waals surface area contributed by atoms with Crippen molar-refractivity contribution in [2.24, 2.45) is 0 Å². The van der Waals surface area contributed by atoms with E-state index in [0.717, 1.165) is 38.5 Å². The number of unbranched alkanes of at least 4 members (excludes halogenated alkanes) is 5. The molecule has 44 heavy (non-hydrogen) atoms. The minimum Gasteiger partial charge on any atom is -0.508 e. The van der Waals surface area contributed by atoms with Gasteiger partial charge in [0, 0.05) is 35.1 Å². The molecular formula is C36H38O8. The molecule has 0 saturated carbocycles. The zero-order valence-corrected chi connectivity index (χ0v) is 24.5. The van der Waals surface area contributed by atoms with Crippen LogP contribution in [0.2, 0.25) is 0 Å². The number of aliphatic carboxylic acids is 2. The van der Waals surface area contributed by atoms with Crippen LogP contribution in [-0.4, -0.2) is 43.9 Å². The number of hydrogen-bond acceptors (Lipinski definition) is 6. The number of carboxylic acids is 2. The number of hydrogen-bond donors (Lipinski definition) is 4. The lowest BCUT2D eigenvalue weighted by molar-refractivity contribution is -0.138. The summed E-state index contributed by atoms with van der Waals surface area (Å²) in [6, 6.07) is 30.6. The van der Waals surface area contributed by atoms with Crippen molar-refractivity contribution in [3.63, 3.8) is 0 Å². The number of phenols is 2. The Kier molecular flexibility index (Phi) is 15.7. The molecular weight excluding hydrogens is 560 g/mol. The van der Waals surface area contributed by atoms with Gasteiger partial charge in [0.15, 0.2) is 11.6 Å². The molecule has 0 heterocycles. The average molecular weight is 599 g/mol. The summed E-state index contributed by atoms with van der Waals surface area (Å²) in [6.45, 7) is 0. The average Bonchev–Trinajstić information content (AvgIpc) is 3.03. The fourth-order valence-electron chi connectivity index (χ4n) is 4.00. The van der Waals surface area contributed by atoms with Gasteiger partial charge in [0.25, 0.3) is 0 Å². The quantitative estimate of drug-likeness (QED) is 0.0912. The molecule has 0 unspecified atom stereocenters. The van der Waals surface area contributed by atoms with Crippen molar-refractivity contribution < 1.29 is 39.6 Å². The number of carbonyl (C=O) groups excluding carboxylic acids is 2. The van der Waals surface area contributed by atoms with Crippen molar-refractivity contribution in [1.29, 1.82) is 0 Å². The van der Waals surface area contributed by atoms with Crippen LogP contribution in [0.25, 0.3) is 0 Å². The fourth-order valence-corrected chi connectivity index (χ4v) is 4.00. The molecule has 230 valence electrons. The van der Waals surface area contributed by atoms with Crippen LogP contribution >= 0.6 is 0 Å². The lowest BCUT2D eigenvalue weighted by Gasteiger charge is -2.00. The highest BCUT2D eigenvalue weighted by Crippen LogP contribution is 2.15. The second-order valence-corrected chi connectivity index (χ2v) is 9.89. The summed E-state index contributed by atoms with van der Waals surface area (Å²) in [5.41, 5.74) is 2.48. The maximum atomic E-state index is 11.9. The van der Waals surface area contributed by atoms with E-state index in [1.165, 1.54) is 24.3 Å². The molecule has 0 aromatic heterocycles. The molecule has 8 nitrogen and oxygen atoms in total. The smallest absolute Gasteiger partial charge is 0.303 e. The third-order valence-electron chi connectivity index (χ3n) is 6.36. The van der Waals surface area contributed by atoms with Crippen LogP contribution in [0.5, 0.6) is 11.5 Å². The van der Waals surface area contributed by atoms with E-state index in [2.05, 4.69) is 0 Å². The summed E-state index contributed by atoms with van der Waals surface area (Å²) < 4.78 is 0. The minimum atomic E-state index is -0.740. The number of rotatable bonds is 13. The zero-order chi connectivity index (χ0) is 32.2. The SMILES string of the molecule is O=C(O)CCCCCCCCC(=O)O.O=C(c1ccccc1)c1ccc(O)cc1.O=C(c1ccccc1)c1ccc(O)cc1. The summed E-state index contributed by atoms with van der Waals surface area (Å²) in [7, 11) is 0. The van der Waals surface area contributed by atoms with E-state index >= 15 is 0 Å². The monoisotopic (exact) mass is 598 g/mol. The van der Waals surface area contributed by atoms with Crippen LogP contribution in [0, 0.1) is 0 Å². The van der Waals surface area contributed by atoms with E-state index in [-0.39, 0.29) is 35.9 Å². The van der Waals surface area contributed by atoms with Gasteiger partial charge in [-0.05, 0) is 61.4 Å². The summed E-state index contributed by atoms with van der Waals surface area (Å²) in [4.78, 5) is 44.0. The van der Waals surface area contributed by atoms with Crippen molar-refractivity contribution in [1.82, 2.24) is 0 Å². The first-order valence-electron chi connectivity index (χ1n) is 14.4. The van der Waals surface area contributed by atoms with E-state index in [1.807, 2.05) is 36.4 Å². The highest BCUT2D eigenvalue weighted by Gasteiger charge is 2.08. The molecule has 4 aromatic rings. The minimum absolute atomic E-state index is 0.0319. The van der Waals surface area contributed by atoms with E-state index in [0.29, 0.717) is 22.3 Å². The van der Waals surface area contributed by atoms with E-state index in [9.17, 15) is 19.2 Å². The van der Waals surface area contributed by atoms with Crippen LogP contribution in [0.15, 0.2) is 109 Å². The first-order chi connectivity index (χ1) is 21.2. The van der Waals surface area contributed by atoms with Gasteiger partial charge in [0.05, 0.1) is 0 Å². The lowest BCUT2D eigenvalue weighted by Crippen LogP contribution is -1.99. The molecule has 0 aliphatic heterocycles. The topological polar surface area (TPSA) is 149 Å². The predicted octanol–water partition coefficient (Wildman–Crippen LogP) is 7.52. The van der Waals surface area contributed by atoms with Gasteiger partial charge in [0.2, 0.25) is 0 Å². The van der Waals surface area contributed by atoms with Gasteiger partial charge in [-0.2, -0.15) is 0 Å². The van der Waals surface area contributed by atoms with Crippen molar-refractivity contribution in [3.05, 3.63) is 131 Å². The summed E-state index contributed by atoms with van der Waals surface area (Å²) in [6.07, 6.45) is 5.82. The first-order valence-corrected chi connectivity index (χ1v) is 14.4. The van der Waals surface area contributed by atoms with E-state index < -0.39 is 11.9 Å². The number of phenolic OH excluding ortho intramolecular Hbond substituents is 2. The molecule has 0 aliphatic rings. The number of aromatic hydroxyl groups is 2. The summed E-state index contributed by atoms with van der Waals surface area (Å²) in [5.74, 6) is -1.21. The molecule has 0 spiro atoms. The van der Waals surface area contributed by atoms with Crippen LogP contribution in [0.1, 0.15) is 83.2 Å². The molecule has 4 aromatic carbocycles. The Labute approximate surface area is 257 Å². The van der Waals surface area contributed by atoms with Gasteiger partial charge < -0.3 is 20.4 Å². The molecule has 8 heteroatoms. The summed E-state index contributed by atoms with van der Waals surface area (Å²) >= 11 is 0. The van der Waals surface area contributed by atoms with Gasteiger partial charge in [-0.25, -0.2) is 0 Å². The fraction of sp³-hybridized carbons (Fsp3) is 0.222. The van der Waals surface area contributed by atoms with Crippen LogP contribution < -0.4 is 0 Å². The highest BCUT2D eigenvalue weighted by molar-refractivity contribution is 6.09. The maximum Gasteiger partial charge on any atom is 0.303 e. The molecule has 0 radical (unpaired) electrons. The van der Waals surface area contributed by atoms with Crippen molar-refractivity contribution in [3.8, 4) is 11.5 Å². The second kappa shape index (κ2) is 19.8. The second-order valence-electron chi connectivity index (χ2n) is 9.89. The molecule has 0 amide bonds. The van der Waals surface area contributed by atoms with Crippen molar-refractivity contribution in [2.45, 2.75) is 51.4 Å². The molecule has 4 rings (SSSR count). The third kappa shape index (κ3) is 14.1. The maximum absolute atomic E-state index is 11.9. The van der Waals surface area contributed by atoms with Crippen molar-refractivity contribution >= 4 is 23.5 Å². The molecule has 4 N–H and O–H groups in total. The molecule has 0 atom stereocenters.